The Balaban J connectivity index is 1.60. The van der Waals surface area contributed by atoms with E-state index < -0.39 is 0 Å². The zero-order valence-corrected chi connectivity index (χ0v) is 12.3. The standard InChI is InChI=1S/C16H19N3O2/c1-11(10-17-16(20)14-9-12(2)21-18-14)19-8-7-13-5-3-4-6-15(13)19/h3-6,9,11H,7-8,10H2,1-2H3,(H,17,20). The largest absolute Gasteiger partial charge is 0.366 e. The molecule has 1 aliphatic rings. The number of fused-ring (bicyclic) bond motifs is 1. The number of nitrogens with one attached hydrogen (secondary N) is 1. The summed E-state index contributed by atoms with van der Waals surface area (Å²) in [4.78, 5) is 14.3. The summed E-state index contributed by atoms with van der Waals surface area (Å²) in [6.07, 6.45) is 1.07. The molecule has 5 nitrogen and oxygen atoms in total. The van der Waals surface area contributed by atoms with Crippen LogP contribution < -0.4 is 10.2 Å². The summed E-state index contributed by atoms with van der Waals surface area (Å²) >= 11 is 0. The SMILES string of the molecule is Cc1cc(C(=O)NCC(C)N2CCc3ccccc32)no1. The summed E-state index contributed by atoms with van der Waals surface area (Å²) in [5, 5.41) is 6.64. The van der Waals surface area contributed by atoms with E-state index in [9.17, 15) is 4.79 Å². The predicted octanol–water partition coefficient (Wildman–Crippen LogP) is 2.16. The third kappa shape index (κ3) is 2.77. The monoisotopic (exact) mass is 285 g/mol. The molecular formula is C16H19N3O2. The Bertz CT molecular complexity index is 650. The van der Waals surface area contributed by atoms with E-state index in [1.54, 1.807) is 13.0 Å². The fourth-order valence-corrected chi connectivity index (χ4v) is 2.74. The van der Waals surface area contributed by atoms with E-state index in [1.165, 1.54) is 11.3 Å². The quantitative estimate of drug-likeness (QED) is 0.935. The Morgan fingerprint density at radius 3 is 3.05 bits per heavy atom. The summed E-state index contributed by atoms with van der Waals surface area (Å²) in [7, 11) is 0. The number of aromatic nitrogens is 1. The highest BCUT2D eigenvalue weighted by Crippen LogP contribution is 2.28. The average molecular weight is 285 g/mol. The second-order valence-corrected chi connectivity index (χ2v) is 5.45. The number of amides is 1. The Hall–Kier alpha value is -2.30. The first-order chi connectivity index (χ1) is 10.1. The third-order valence-corrected chi connectivity index (χ3v) is 3.87. The molecule has 2 heterocycles. The first kappa shape index (κ1) is 13.7. The molecule has 110 valence electrons. The molecule has 0 aliphatic carbocycles. The molecule has 0 saturated heterocycles. The number of hydrogen-bond donors (Lipinski definition) is 1. The molecule has 1 aliphatic heterocycles. The smallest absolute Gasteiger partial charge is 0.273 e. The third-order valence-electron chi connectivity index (χ3n) is 3.87. The van der Waals surface area contributed by atoms with Gasteiger partial charge in [-0.2, -0.15) is 0 Å². The second-order valence-electron chi connectivity index (χ2n) is 5.45. The van der Waals surface area contributed by atoms with Crippen molar-refractivity contribution in [3.05, 3.63) is 47.3 Å². The lowest BCUT2D eigenvalue weighted by molar-refractivity contribution is 0.0942. The molecule has 3 rings (SSSR count). The van der Waals surface area contributed by atoms with Crippen molar-refractivity contribution in [3.8, 4) is 0 Å². The van der Waals surface area contributed by atoms with Gasteiger partial charge in [0.25, 0.3) is 5.91 Å². The van der Waals surface area contributed by atoms with Gasteiger partial charge in [0.1, 0.15) is 5.76 Å². The molecule has 1 unspecified atom stereocenters. The lowest BCUT2D eigenvalue weighted by Crippen LogP contribution is -2.41. The van der Waals surface area contributed by atoms with E-state index in [0.29, 0.717) is 18.0 Å². The van der Waals surface area contributed by atoms with Crippen molar-refractivity contribution in [2.45, 2.75) is 26.3 Å². The van der Waals surface area contributed by atoms with Crippen LogP contribution in [0, 0.1) is 6.92 Å². The lowest BCUT2D eigenvalue weighted by Gasteiger charge is -2.27. The molecule has 0 bridgehead atoms. The van der Waals surface area contributed by atoms with Gasteiger partial charge in [-0.1, -0.05) is 23.4 Å². The highest BCUT2D eigenvalue weighted by Gasteiger charge is 2.23. The minimum absolute atomic E-state index is 0.189. The number of benzene rings is 1. The van der Waals surface area contributed by atoms with Crippen LogP contribution in [-0.4, -0.2) is 30.2 Å². The molecule has 1 aromatic heterocycles. The van der Waals surface area contributed by atoms with Crippen LogP contribution in [0.5, 0.6) is 0 Å². The molecule has 5 heteroatoms. The maximum absolute atomic E-state index is 12.0. The van der Waals surface area contributed by atoms with E-state index in [2.05, 4.69) is 46.6 Å². The van der Waals surface area contributed by atoms with Gasteiger partial charge in [-0.05, 0) is 31.9 Å². The second kappa shape index (κ2) is 5.60. The number of nitrogens with zero attached hydrogens (tertiary/aromatic N) is 2. The average Bonchev–Trinajstić information content (AvgIpc) is 3.10. The molecule has 0 fully saturated rings. The summed E-state index contributed by atoms with van der Waals surface area (Å²) in [6, 6.07) is 10.3. The zero-order chi connectivity index (χ0) is 14.8. The number of rotatable bonds is 4. The predicted molar refractivity (Wildman–Crippen MR) is 80.5 cm³/mol. The van der Waals surface area contributed by atoms with Crippen LogP contribution in [0.15, 0.2) is 34.9 Å². The van der Waals surface area contributed by atoms with Gasteiger partial charge in [-0.25, -0.2) is 0 Å². The highest BCUT2D eigenvalue weighted by atomic mass is 16.5. The van der Waals surface area contributed by atoms with Gasteiger partial charge in [0.05, 0.1) is 0 Å². The number of hydrogen-bond acceptors (Lipinski definition) is 4. The molecule has 2 aromatic rings. The number of carbonyl (C=O) groups is 1. The van der Waals surface area contributed by atoms with E-state index >= 15 is 0 Å². The summed E-state index contributed by atoms with van der Waals surface area (Å²) < 4.78 is 4.92. The Morgan fingerprint density at radius 2 is 2.29 bits per heavy atom. The van der Waals surface area contributed by atoms with Crippen molar-refractivity contribution in [1.82, 2.24) is 10.5 Å². The van der Waals surface area contributed by atoms with Crippen LogP contribution in [0.3, 0.4) is 0 Å². The van der Waals surface area contributed by atoms with Gasteiger partial charge in [-0.15, -0.1) is 0 Å². The van der Waals surface area contributed by atoms with Crippen molar-refractivity contribution >= 4 is 11.6 Å². The van der Waals surface area contributed by atoms with E-state index in [0.717, 1.165) is 13.0 Å². The van der Waals surface area contributed by atoms with Crippen LogP contribution in [0.4, 0.5) is 5.69 Å². The first-order valence-corrected chi connectivity index (χ1v) is 7.21. The van der Waals surface area contributed by atoms with Crippen LogP contribution in [0.2, 0.25) is 0 Å². The number of aryl methyl sites for hydroxylation is 1. The van der Waals surface area contributed by atoms with Gasteiger partial charge in [0, 0.05) is 30.9 Å². The maximum atomic E-state index is 12.0. The van der Waals surface area contributed by atoms with Crippen LogP contribution in [0.1, 0.15) is 28.7 Å². The van der Waals surface area contributed by atoms with Crippen LogP contribution >= 0.6 is 0 Å². The minimum atomic E-state index is -0.189. The Kier molecular flexibility index (Phi) is 3.64. The Labute approximate surface area is 123 Å². The number of anilines is 1. The molecule has 1 atom stereocenters. The molecule has 0 saturated carbocycles. The number of carbonyl (C=O) groups excluding carboxylic acids is 1. The van der Waals surface area contributed by atoms with Crippen LogP contribution in [-0.2, 0) is 6.42 Å². The first-order valence-electron chi connectivity index (χ1n) is 7.21. The fourth-order valence-electron chi connectivity index (χ4n) is 2.74. The van der Waals surface area contributed by atoms with Gasteiger partial charge < -0.3 is 14.7 Å². The minimum Gasteiger partial charge on any atom is -0.366 e. The van der Waals surface area contributed by atoms with Gasteiger partial charge in [0.2, 0.25) is 0 Å². The highest BCUT2D eigenvalue weighted by molar-refractivity contribution is 5.92. The van der Waals surface area contributed by atoms with Crippen molar-refractivity contribution in [3.63, 3.8) is 0 Å². The molecule has 21 heavy (non-hydrogen) atoms. The van der Waals surface area contributed by atoms with Gasteiger partial charge in [0.15, 0.2) is 5.69 Å². The van der Waals surface area contributed by atoms with E-state index in [4.69, 9.17) is 4.52 Å². The molecule has 1 N–H and O–H groups in total. The normalized spacial score (nSPS) is 14.9. The number of para-hydroxylation sites is 1. The van der Waals surface area contributed by atoms with Gasteiger partial charge >= 0.3 is 0 Å². The van der Waals surface area contributed by atoms with Crippen molar-refractivity contribution < 1.29 is 9.32 Å². The summed E-state index contributed by atoms with van der Waals surface area (Å²) in [6.45, 7) is 5.47. The zero-order valence-electron chi connectivity index (χ0n) is 12.3. The lowest BCUT2D eigenvalue weighted by atomic mass is 10.2. The summed E-state index contributed by atoms with van der Waals surface area (Å²) in [5.41, 5.74) is 2.99. The van der Waals surface area contributed by atoms with Crippen molar-refractivity contribution in [2.24, 2.45) is 0 Å². The van der Waals surface area contributed by atoms with E-state index in [-0.39, 0.29) is 11.9 Å². The van der Waals surface area contributed by atoms with E-state index in [1.807, 2.05) is 0 Å². The Morgan fingerprint density at radius 1 is 1.48 bits per heavy atom. The van der Waals surface area contributed by atoms with Crippen molar-refractivity contribution in [1.29, 1.82) is 0 Å². The fraction of sp³-hybridized carbons (Fsp3) is 0.375. The molecular weight excluding hydrogens is 266 g/mol. The summed E-state index contributed by atoms with van der Waals surface area (Å²) in [5.74, 6) is 0.452. The van der Waals surface area contributed by atoms with Crippen molar-refractivity contribution in [2.75, 3.05) is 18.0 Å². The molecule has 0 spiro atoms. The molecule has 0 radical (unpaired) electrons. The topological polar surface area (TPSA) is 58.4 Å². The van der Waals surface area contributed by atoms with Gasteiger partial charge in [-0.3, -0.25) is 4.79 Å². The van der Waals surface area contributed by atoms with Crippen LogP contribution in [0.25, 0.3) is 0 Å². The maximum Gasteiger partial charge on any atom is 0.273 e. The molecule has 1 amide bonds. The molecule has 1 aromatic carbocycles.